The van der Waals surface area contributed by atoms with E-state index in [1.807, 2.05) is 29.3 Å². The number of rotatable bonds is 5. The fourth-order valence-corrected chi connectivity index (χ4v) is 1.97. The molecule has 0 atom stereocenters. The van der Waals surface area contributed by atoms with Crippen LogP contribution in [0.1, 0.15) is 12.0 Å². The first-order valence-corrected chi connectivity index (χ1v) is 6.57. The topological polar surface area (TPSA) is 65.7 Å². The molecule has 0 aromatic carbocycles. The molecular weight excluding hydrogens is 306 g/mol. The zero-order chi connectivity index (χ0) is 13.5. The summed E-state index contributed by atoms with van der Waals surface area (Å²) in [5, 5.41) is 8.75. The van der Waals surface area contributed by atoms with Crippen molar-refractivity contribution in [2.45, 2.75) is 13.0 Å². The summed E-state index contributed by atoms with van der Waals surface area (Å²) in [5.74, 6) is 0.793. The predicted octanol–water partition coefficient (Wildman–Crippen LogP) is 2.55. The Morgan fingerprint density at radius 1 is 1.37 bits per heavy atom. The summed E-state index contributed by atoms with van der Waals surface area (Å²) in [6.07, 6.45) is 5.50. The van der Waals surface area contributed by atoms with Crippen LogP contribution in [-0.2, 0) is 6.54 Å². The molecule has 0 bridgehead atoms. The molecule has 0 radical (unpaired) electrons. The SMILES string of the molecule is N#CCCN(Cc1cccnc1)c1cc(Br)ncn1. The molecule has 19 heavy (non-hydrogen) atoms. The first kappa shape index (κ1) is 13.4. The van der Waals surface area contributed by atoms with E-state index in [2.05, 4.69) is 37.0 Å². The third-order valence-corrected chi connectivity index (χ3v) is 2.97. The lowest BCUT2D eigenvalue weighted by Gasteiger charge is -2.22. The van der Waals surface area contributed by atoms with Crippen LogP contribution in [0.5, 0.6) is 0 Å². The van der Waals surface area contributed by atoms with E-state index in [0.717, 1.165) is 16.0 Å². The Bertz CT molecular complexity index is 567. The van der Waals surface area contributed by atoms with Gasteiger partial charge in [0, 0.05) is 31.5 Å². The molecular formula is C13H12BrN5. The largest absolute Gasteiger partial charge is 0.351 e. The van der Waals surface area contributed by atoms with E-state index in [-0.39, 0.29) is 0 Å². The van der Waals surface area contributed by atoms with Crippen LogP contribution in [0.3, 0.4) is 0 Å². The second-order valence-electron chi connectivity index (χ2n) is 3.89. The van der Waals surface area contributed by atoms with E-state index in [0.29, 0.717) is 19.5 Å². The van der Waals surface area contributed by atoms with Gasteiger partial charge in [-0.2, -0.15) is 5.26 Å². The summed E-state index contributed by atoms with van der Waals surface area (Å²) in [5.41, 5.74) is 1.08. The van der Waals surface area contributed by atoms with Gasteiger partial charge in [0.15, 0.2) is 0 Å². The van der Waals surface area contributed by atoms with Crippen molar-refractivity contribution in [3.63, 3.8) is 0 Å². The number of pyridine rings is 1. The van der Waals surface area contributed by atoms with E-state index >= 15 is 0 Å². The summed E-state index contributed by atoms with van der Waals surface area (Å²) in [6, 6.07) is 7.90. The van der Waals surface area contributed by atoms with E-state index in [4.69, 9.17) is 5.26 Å². The molecule has 2 rings (SSSR count). The van der Waals surface area contributed by atoms with Gasteiger partial charge in [-0.25, -0.2) is 9.97 Å². The molecule has 96 valence electrons. The highest BCUT2D eigenvalue weighted by Crippen LogP contribution is 2.17. The van der Waals surface area contributed by atoms with E-state index in [1.165, 1.54) is 6.33 Å². The number of hydrogen-bond donors (Lipinski definition) is 0. The minimum Gasteiger partial charge on any atom is -0.351 e. The summed E-state index contributed by atoms with van der Waals surface area (Å²) in [6.45, 7) is 1.29. The molecule has 0 spiro atoms. The van der Waals surface area contributed by atoms with E-state index in [1.54, 1.807) is 6.20 Å². The van der Waals surface area contributed by atoms with Crippen LogP contribution in [0.2, 0.25) is 0 Å². The summed E-state index contributed by atoms with van der Waals surface area (Å²) in [4.78, 5) is 14.4. The number of aromatic nitrogens is 3. The van der Waals surface area contributed by atoms with Gasteiger partial charge in [-0.3, -0.25) is 4.98 Å². The highest BCUT2D eigenvalue weighted by Gasteiger charge is 2.09. The number of nitriles is 1. The number of hydrogen-bond acceptors (Lipinski definition) is 5. The van der Waals surface area contributed by atoms with Gasteiger partial charge in [0.25, 0.3) is 0 Å². The maximum atomic E-state index is 8.75. The zero-order valence-corrected chi connectivity index (χ0v) is 11.8. The molecule has 5 nitrogen and oxygen atoms in total. The summed E-state index contributed by atoms with van der Waals surface area (Å²) in [7, 11) is 0. The Balaban J connectivity index is 2.19. The van der Waals surface area contributed by atoms with Gasteiger partial charge in [-0.15, -0.1) is 0 Å². The van der Waals surface area contributed by atoms with Gasteiger partial charge in [0.2, 0.25) is 0 Å². The molecule has 0 amide bonds. The van der Waals surface area contributed by atoms with Crippen LogP contribution in [0.25, 0.3) is 0 Å². The maximum absolute atomic E-state index is 8.75. The third-order valence-electron chi connectivity index (χ3n) is 2.53. The Kier molecular flexibility index (Phi) is 4.81. The first-order valence-electron chi connectivity index (χ1n) is 5.78. The monoisotopic (exact) mass is 317 g/mol. The average molecular weight is 318 g/mol. The maximum Gasteiger partial charge on any atom is 0.133 e. The van der Waals surface area contributed by atoms with Crippen molar-refractivity contribution in [2.24, 2.45) is 0 Å². The minimum atomic E-state index is 0.446. The molecule has 0 unspecified atom stereocenters. The Hall–Kier alpha value is -2.00. The Morgan fingerprint density at radius 3 is 2.95 bits per heavy atom. The Morgan fingerprint density at radius 2 is 2.26 bits per heavy atom. The van der Waals surface area contributed by atoms with E-state index < -0.39 is 0 Å². The normalized spacial score (nSPS) is 9.89. The molecule has 2 heterocycles. The lowest BCUT2D eigenvalue weighted by Crippen LogP contribution is -2.24. The van der Waals surface area contributed by atoms with Gasteiger partial charge in [0.1, 0.15) is 16.7 Å². The highest BCUT2D eigenvalue weighted by molar-refractivity contribution is 9.10. The predicted molar refractivity (Wildman–Crippen MR) is 75.2 cm³/mol. The van der Waals surface area contributed by atoms with Crippen LogP contribution >= 0.6 is 15.9 Å². The fourth-order valence-electron chi connectivity index (χ4n) is 1.67. The second kappa shape index (κ2) is 6.81. The van der Waals surface area contributed by atoms with Crippen molar-refractivity contribution in [3.05, 3.63) is 47.1 Å². The molecule has 6 heteroatoms. The van der Waals surface area contributed by atoms with Crippen molar-refractivity contribution >= 4 is 21.7 Å². The molecule has 0 aliphatic rings. The van der Waals surface area contributed by atoms with Gasteiger partial charge in [-0.05, 0) is 27.6 Å². The zero-order valence-electron chi connectivity index (χ0n) is 10.2. The van der Waals surface area contributed by atoms with Gasteiger partial charge in [0.05, 0.1) is 12.5 Å². The number of nitrogens with zero attached hydrogens (tertiary/aromatic N) is 5. The van der Waals surface area contributed by atoms with Crippen LogP contribution in [0.4, 0.5) is 5.82 Å². The van der Waals surface area contributed by atoms with Crippen LogP contribution in [0.15, 0.2) is 41.5 Å². The molecule has 0 saturated carbocycles. The summed E-state index contributed by atoms with van der Waals surface area (Å²) >= 11 is 3.33. The molecule has 2 aromatic heterocycles. The number of halogens is 1. The molecule has 0 N–H and O–H groups in total. The van der Waals surface area contributed by atoms with Crippen molar-refractivity contribution in [3.8, 4) is 6.07 Å². The average Bonchev–Trinajstić information content (AvgIpc) is 2.44. The quantitative estimate of drug-likeness (QED) is 0.793. The second-order valence-corrected chi connectivity index (χ2v) is 4.70. The fraction of sp³-hybridized carbons (Fsp3) is 0.231. The van der Waals surface area contributed by atoms with Crippen molar-refractivity contribution in [1.82, 2.24) is 15.0 Å². The first-order chi connectivity index (χ1) is 9.29. The van der Waals surface area contributed by atoms with Gasteiger partial charge in [-0.1, -0.05) is 6.07 Å². The molecule has 2 aromatic rings. The van der Waals surface area contributed by atoms with Gasteiger partial charge >= 0.3 is 0 Å². The third kappa shape index (κ3) is 4.00. The van der Waals surface area contributed by atoms with Gasteiger partial charge < -0.3 is 4.90 Å². The van der Waals surface area contributed by atoms with Crippen molar-refractivity contribution in [2.75, 3.05) is 11.4 Å². The summed E-state index contributed by atoms with van der Waals surface area (Å²) < 4.78 is 0.727. The van der Waals surface area contributed by atoms with E-state index in [9.17, 15) is 0 Å². The smallest absolute Gasteiger partial charge is 0.133 e. The molecule has 0 aliphatic carbocycles. The number of anilines is 1. The van der Waals surface area contributed by atoms with Crippen molar-refractivity contribution in [1.29, 1.82) is 5.26 Å². The van der Waals surface area contributed by atoms with Crippen LogP contribution in [0, 0.1) is 11.3 Å². The standard InChI is InChI=1S/C13H12BrN5/c14-12-7-13(18-10-17-12)19(6-2-4-15)9-11-3-1-5-16-8-11/h1,3,5,7-8,10H,2,6,9H2. The molecule has 0 aliphatic heterocycles. The lowest BCUT2D eigenvalue weighted by molar-refractivity contribution is 0.776. The highest BCUT2D eigenvalue weighted by atomic mass is 79.9. The molecule has 0 fully saturated rings. The molecule has 0 saturated heterocycles. The van der Waals surface area contributed by atoms with Crippen LogP contribution < -0.4 is 4.90 Å². The minimum absolute atomic E-state index is 0.446. The van der Waals surface area contributed by atoms with Crippen molar-refractivity contribution < 1.29 is 0 Å². The lowest BCUT2D eigenvalue weighted by atomic mass is 10.2. The van der Waals surface area contributed by atoms with Crippen LogP contribution in [-0.4, -0.2) is 21.5 Å². The Labute approximate surface area is 120 Å².